The molecule has 158 valence electrons. The van der Waals surface area contributed by atoms with Gasteiger partial charge in [-0.15, -0.1) is 0 Å². The summed E-state index contributed by atoms with van der Waals surface area (Å²) in [5, 5.41) is 6.10. The van der Waals surface area contributed by atoms with Crippen molar-refractivity contribution in [3.8, 4) is 5.75 Å². The Morgan fingerprint density at radius 1 is 1.17 bits per heavy atom. The fourth-order valence-corrected chi connectivity index (χ4v) is 3.92. The lowest BCUT2D eigenvalue weighted by Gasteiger charge is -2.17. The highest BCUT2D eigenvalue weighted by Gasteiger charge is 2.18. The van der Waals surface area contributed by atoms with Gasteiger partial charge >= 0.3 is 0 Å². The standard InChI is InChI=1S/C21H28FN3O3S/c1-15(2)28-19-13-16(3)9-10-17(19)14-25-21(23-4)24-11-12-29(26,27)20-8-6-5-7-18(20)22/h5-10,13,15H,11-12,14H2,1-4H3,(H2,23,24,25). The predicted molar refractivity (Wildman–Crippen MR) is 114 cm³/mol. The highest BCUT2D eigenvalue weighted by molar-refractivity contribution is 7.91. The molecule has 6 nitrogen and oxygen atoms in total. The number of nitrogens with one attached hydrogen (secondary N) is 2. The Balaban J connectivity index is 1.95. The first-order valence-corrected chi connectivity index (χ1v) is 11.1. The lowest BCUT2D eigenvalue weighted by atomic mass is 10.1. The molecule has 2 rings (SSSR count). The number of ether oxygens (including phenoxy) is 1. The highest BCUT2D eigenvalue weighted by Crippen LogP contribution is 2.21. The van der Waals surface area contributed by atoms with Crippen LogP contribution in [-0.4, -0.2) is 39.8 Å². The first-order valence-electron chi connectivity index (χ1n) is 9.41. The second kappa shape index (κ2) is 10.2. The number of hydrogen-bond donors (Lipinski definition) is 2. The maximum atomic E-state index is 13.8. The zero-order chi connectivity index (χ0) is 21.4. The van der Waals surface area contributed by atoms with Gasteiger partial charge in [-0.05, 0) is 44.5 Å². The molecule has 0 aliphatic carbocycles. The van der Waals surface area contributed by atoms with E-state index < -0.39 is 15.7 Å². The van der Waals surface area contributed by atoms with Gasteiger partial charge in [0, 0.05) is 25.7 Å². The molecule has 0 amide bonds. The van der Waals surface area contributed by atoms with E-state index in [4.69, 9.17) is 4.74 Å². The molecular weight excluding hydrogens is 393 g/mol. The summed E-state index contributed by atoms with van der Waals surface area (Å²) in [4.78, 5) is 3.81. The van der Waals surface area contributed by atoms with E-state index in [2.05, 4.69) is 15.6 Å². The number of aliphatic imine (C=N–C) groups is 1. The largest absolute Gasteiger partial charge is 0.491 e. The lowest BCUT2D eigenvalue weighted by molar-refractivity contribution is 0.239. The van der Waals surface area contributed by atoms with Crippen molar-refractivity contribution in [1.29, 1.82) is 0 Å². The molecule has 0 heterocycles. The van der Waals surface area contributed by atoms with Gasteiger partial charge in [-0.3, -0.25) is 4.99 Å². The molecule has 0 saturated carbocycles. The number of guanidine groups is 1. The zero-order valence-electron chi connectivity index (χ0n) is 17.2. The normalized spacial score (nSPS) is 12.1. The van der Waals surface area contributed by atoms with Gasteiger partial charge in [0.25, 0.3) is 0 Å². The van der Waals surface area contributed by atoms with E-state index in [1.165, 1.54) is 18.2 Å². The predicted octanol–water partition coefficient (Wildman–Crippen LogP) is 3.06. The van der Waals surface area contributed by atoms with E-state index in [1.54, 1.807) is 7.05 Å². The van der Waals surface area contributed by atoms with Crippen molar-refractivity contribution >= 4 is 15.8 Å². The Labute approximate surface area is 172 Å². The Morgan fingerprint density at radius 3 is 2.55 bits per heavy atom. The second-order valence-corrected chi connectivity index (χ2v) is 8.96. The maximum absolute atomic E-state index is 13.8. The Bertz CT molecular complexity index is 959. The van der Waals surface area contributed by atoms with Gasteiger partial charge in [0.15, 0.2) is 15.8 Å². The Hall–Kier alpha value is -2.61. The molecule has 0 fully saturated rings. The summed E-state index contributed by atoms with van der Waals surface area (Å²) in [6.45, 7) is 6.49. The van der Waals surface area contributed by atoms with E-state index >= 15 is 0 Å². The van der Waals surface area contributed by atoms with Crippen molar-refractivity contribution in [1.82, 2.24) is 10.6 Å². The first kappa shape index (κ1) is 22.7. The van der Waals surface area contributed by atoms with Crippen molar-refractivity contribution in [3.63, 3.8) is 0 Å². The maximum Gasteiger partial charge on any atom is 0.191 e. The minimum atomic E-state index is -3.73. The van der Waals surface area contributed by atoms with Crippen LogP contribution in [0.4, 0.5) is 4.39 Å². The van der Waals surface area contributed by atoms with Gasteiger partial charge in [0.05, 0.1) is 11.9 Å². The summed E-state index contributed by atoms with van der Waals surface area (Å²) >= 11 is 0. The number of benzene rings is 2. The van der Waals surface area contributed by atoms with Gasteiger partial charge in [-0.25, -0.2) is 12.8 Å². The van der Waals surface area contributed by atoms with Crippen LogP contribution >= 0.6 is 0 Å². The van der Waals surface area contributed by atoms with Crippen molar-refractivity contribution in [2.45, 2.75) is 38.3 Å². The van der Waals surface area contributed by atoms with Crippen LogP contribution in [0.15, 0.2) is 52.4 Å². The zero-order valence-corrected chi connectivity index (χ0v) is 18.0. The molecule has 0 aliphatic heterocycles. The number of nitrogens with zero attached hydrogens (tertiary/aromatic N) is 1. The molecule has 0 unspecified atom stereocenters. The number of aryl methyl sites for hydroxylation is 1. The molecule has 2 N–H and O–H groups in total. The molecule has 2 aromatic rings. The van der Waals surface area contributed by atoms with Gasteiger partial charge in [0.2, 0.25) is 0 Å². The van der Waals surface area contributed by atoms with Crippen molar-refractivity contribution in [2.24, 2.45) is 4.99 Å². The molecule has 0 aliphatic rings. The average molecular weight is 422 g/mol. The molecule has 0 aromatic heterocycles. The van der Waals surface area contributed by atoms with E-state index in [0.29, 0.717) is 12.5 Å². The molecular formula is C21H28FN3O3S. The van der Waals surface area contributed by atoms with E-state index in [0.717, 1.165) is 22.9 Å². The van der Waals surface area contributed by atoms with Gasteiger partial charge in [-0.1, -0.05) is 24.3 Å². The topological polar surface area (TPSA) is 79.8 Å². The van der Waals surface area contributed by atoms with Crippen molar-refractivity contribution < 1.29 is 17.5 Å². The first-order chi connectivity index (χ1) is 13.7. The molecule has 0 bridgehead atoms. The van der Waals surface area contributed by atoms with E-state index in [-0.39, 0.29) is 23.3 Å². The third-order valence-corrected chi connectivity index (χ3v) is 5.83. The molecule has 0 saturated heterocycles. The monoisotopic (exact) mass is 421 g/mol. The fourth-order valence-electron chi connectivity index (χ4n) is 2.68. The average Bonchev–Trinajstić information content (AvgIpc) is 2.65. The smallest absolute Gasteiger partial charge is 0.191 e. The van der Waals surface area contributed by atoms with Crippen LogP contribution in [0.3, 0.4) is 0 Å². The van der Waals surface area contributed by atoms with Gasteiger partial charge in [0.1, 0.15) is 16.5 Å². The van der Waals surface area contributed by atoms with Crippen LogP contribution in [0.2, 0.25) is 0 Å². The number of hydrogen-bond acceptors (Lipinski definition) is 4. The van der Waals surface area contributed by atoms with E-state index in [1.807, 2.05) is 39.0 Å². The molecule has 29 heavy (non-hydrogen) atoms. The summed E-state index contributed by atoms with van der Waals surface area (Å²) in [5.41, 5.74) is 2.07. The second-order valence-electron chi connectivity index (χ2n) is 6.88. The molecule has 2 aromatic carbocycles. The van der Waals surface area contributed by atoms with Crippen molar-refractivity contribution in [3.05, 3.63) is 59.4 Å². The molecule has 8 heteroatoms. The summed E-state index contributed by atoms with van der Waals surface area (Å²) in [6, 6.07) is 11.3. The number of sulfone groups is 1. The molecule has 0 atom stereocenters. The van der Waals surface area contributed by atoms with Crippen molar-refractivity contribution in [2.75, 3.05) is 19.3 Å². The fraction of sp³-hybridized carbons (Fsp3) is 0.381. The van der Waals surface area contributed by atoms with Crippen LogP contribution < -0.4 is 15.4 Å². The Morgan fingerprint density at radius 2 is 1.90 bits per heavy atom. The summed E-state index contributed by atoms with van der Waals surface area (Å²) in [5.74, 6) is 0.253. The number of rotatable bonds is 8. The van der Waals surface area contributed by atoms with Crippen LogP contribution in [0.25, 0.3) is 0 Å². The lowest BCUT2D eigenvalue weighted by Crippen LogP contribution is -2.39. The minimum absolute atomic E-state index is 0.0524. The minimum Gasteiger partial charge on any atom is -0.491 e. The van der Waals surface area contributed by atoms with Crippen LogP contribution in [-0.2, 0) is 16.4 Å². The van der Waals surface area contributed by atoms with Crippen LogP contribution in [0.5, 0.6) is 5.75 Å². The summed E-state index contributed by atoms with van der Waals surface area (Å²) in [6.07, 6.45) is 0.0524. The summed E-state index contributed by atoms with van der Waals surface area (Å²) in [7, 11) is -2.13. The van der Waals surface area contributed by atoms with E-state index in [9.17, 15) is 12.8 Å². The third-order valence-electron chi connectivity index (χ3n) is 4.09. The van der Waals surface area contributed by atoms with Crippen LogP contribution in [0, 0.1) is 12.7 Å². The number of halogens is 1. The van der Waals surface area contributed by atoms with Gasteiger partial charge < -0.3 is 15.4 Å². The summed E-state index contributed by atoms with van der Waals surface area (Å²) < 4.78 is 44.3. The Kier molecular flexibility index (Phi) is 8.01. The highest BCUT2D eigenvalue weighted by atomic mass is 32.2. The quantitative estimate of drug-likeness (QED) is 0.506. The van der Waals surface area contributed by atoms with Crippen LogP contribution in [0.1, 0.15) is 25.0 Å². The molecule has 0 spiro atoms. The molecule has 0 radical (unpaired) electrons. The van der Waals surface area contributed by atoms with Gasteiger partial charge in [-0.2, -0.15) is 0 Å². The SMILES string of the molecule is CN=C(NCCS(=O)(=O)c1ccccc1F)NCc1ccc(C)cc1OC(C)C. The third kappa shape index (κ3) is 6.74.